The number of rotatable bonds is 9. The molecule has 8 heteroatoms. The van der Waals surface area contributed by atoms with Gasteiger partial charge in [-0.25, -0.2) is 9.97 Å². The van der Waals surface area contributed by atoms with Crippen LogP contribution in [0.2, 0.25) is 0 Å². The zero-order chi connectivity index (χ0) is 23.9. The normalized spacial score (nSPS) is 16.1. The number of ether oxygens (including phenoxy) is 1. The molecule has 1 aliphatic rings. The standard InChI is InChI=1S/C26H33N5O3/c1-3-34-16-6-14-28-25(32)21-7-5-15-30(18-21)24-26(33)31(17-20-11-9-19(2)10-12-20)23-22(29-24)8-4-13-27-23/h4,8-13,21H,3,5-7,14-18H2,1-2H3,(H,28,32)/t21-/m0/s1. The topological polar surface area (TPSA) is 89.3 Å². The van der Waals surface area contributed by atoms with E-state index in [1.165, 1.54) is 5.56 Å². The van der Waals surface area contributed by atoms with Crippen LogP contribution >= 0.6 is 0 Å². The van der Waals surface area contributed by atoms with Gasteiger partial charge in [0.15, 0.2) is 11.5 Å². The van der Waals surface area contributed by atoms with E-state index in [2.05, 4.69) is 15.3 Å². The molecular weight excluding hydrogens is 430 g/mol. The van der Waals surface area contributed by atoms with E-state index in [4.69, 9.17) is 4.74 Å². The van der Waals surface area contributed by atoms with Gasteiger partial charge in [0.05, 0.1) is 12.5 Å². The fourth-order valence-corrected chi connectivity index (χ4v) is 4.35. The van der Waals surface area contributed by atoms with E-state index in [-0.39, 0.29) is 17.4 Å². The predicted octanol–water partition coefficient (Wildman–Crippen LogP) is 2.91. The molecule has 3 aromatic rings. The molecular formula is C26H33N5O3. The van der Waals surface area contributed by atoms with Crippen LogP contribution < -0.4 is 15.8 Å². The second kappa shape index (κ2) is 11.2. The third-order valence-electron chi connectivity index (χ3n) is 6.21. The molecule has 0 saturated carbocycles. The number of piperidine rings is 1. The van der Waals surface area contributed by atoms with Gasteiger partial charge in [-0.05, 0) is 50.8 Å². The van der Waals surface area contributed by atoms with Gasteiger partial charge in [-0.3, -0.25) is 14.2 Å². The largest absolute Gasteiger partial charge is 0.382 e. The number of hydrogen-bond donors (Lipinski definition) is 1. The first-order chi connectivity index (χ1) is 16.6. The second-order valence-corrected chi connectivity index (χ2v) is 8.79. The summed E-state index contributed by atoms with van der Waals surface area (Å²) in [6.07, 6.45) is 4.11. The number of amides is 1. The van der Waals surface area contributed by atoms with Crippen LogP contribution in [-0.4, -0.2) is 53.3 Å². The van der Waals surface area contributed by atoms with Crippen LogP contribution in [0, 0.1) is 12.8 Å². The molecule has 4 rings (SSSR count). The first kappa shape index (κ1) is 23.9. The fourth-order valence-electron chi connectivity index (χ4n) is 4.35. The predicted molar refractivity (Wildman–Crippen MR) is 133 cm³/mol. The lowest BCUT2D eigenvalue weighted by atomic mass is 9.97. The van der Waals surface area contributed by atoms with Gasteiger partial charge in [0, 0.05) is 39.0 Å². The number of carbonyl (C=O) groups excluding carboxylic acids is 1. The first-order valence-electron chi connectivity index (χ1n) is 12.1. The van der Waals surface area contributed by atoms with E-state index in [1.54, 1.807) is 10.8 Å². The third kappa shape index (κ3) is 5.62. The Morgan fingerprint density at radius 2 is 2.06 bits per heavy atom. The summed E-state index contributed by atoms with van der Waals surface area (Å²) in [4.78, 5) is 37.5. The fraction of sp³-hybridized carbons (Fsp3) is 0.462. The van der Waals surface area contributed by atoms with Crippen molar-refractivity contribution < 1.29 is 9.53 Å². The third-order valence-corrected chi connectivity index (χ3v) is 6.21. The summed E-state index contributed by atoms with van der Waals surface area (Å²) in [5.41, 5.74) is 3.26. The van der Waals surface area contributed by atoms with E-state index < -0.39 is 0 Å². The highest BCUT2D eigenvalue weighted by atomic mass is 16.5. The van der Waals surface area contributed by atoms with Crippen molar-refractivity contribution in [1.82, 2.24) is 19.9 Å². The molecule has 1 saturated heterocycles. The summed E-state index contributed by atoms with van der Waals surface area (Å²) in [6.45, 7) is 7.52. The SMILES string of the molecule is CCOCCCNC(=O)[C@H]1CCCN(c2nc3cccnc3n(Cc3ccc(C)cc3)c2=O)C1. The minimum absolute atomic E-state index is 0.0311. The first-order valence-corrected chi connectivity index (χ1v) is 12.1. The second-order valence-electron chi connectivity index (χ2n) is 8.79. The van der Waals surface area contributed by atoms with Crippen molar-refractivity contribution in [3.05, 3.63) is 64.1 Å². The highest BCUT2D eigenvalue weighted by molar-refractivity contribution is 5.79. The van der Waals surface area contributed by atoms with Crippen molar-refractivity contribution in [2.75, 3.05) is 37.7 Å². The molecule has 34 heavy (non-hydrogen) atoms. The molecule has 3 heterocycles. The van der Waals surface area contributed by atoms with Crippen LogP contribution in [0.3, 0.4) is 0 Å². The van der Waals surface area contributed by atoms with Crippen molar-refractivity contribution in [3.63, 3.8) is 0 Å². The molecule has 0 unspecified atom stereocenters. The number of pyridine rings is 1. The molecule has 1 N–H and O–H groups in total. The lowest BCUT2D eigenvalue weighted by Crippen LogP contribution is -2.46. The van der Waals surface area contributed by atoms with Crippen molar-refractivity contribution in [2.45, 2.75) is 39.7 Å². The summed E-state index contributed by atoms with van der Waals surface area (Å²) in [5.74, 6) is 0.252. The Kier molecular flexibility index (Phi) is 7.90. The highest BCUT2D eigenvalue weighted by Crippen LogP contribution is 2.22. The van der Waals surface area contributed by atoms with E-state index in [0.717, 1.165) is 24.8 Å². The molecule has 1 atom stereocenters. The van der Waals surface area contributed by atoms with Gasteiger partial charge in [0.1, 0.15) is 5.52 Å². The summed E-state index contributed by atoms with van der Waals surface area (Å²) < 4.78 is 7.03. The van der Waals surface area contributed by atoms with Crippen LogP contribution in [0.15, 0.2) is 47.4 Å². The smallest absolute Gasteiger partial charge is 0.295 e. The van der Waals surface area contributed by atoms with Crippen molar-refractivity contribution in [2.24, 2.45) is 5.92 Å². The Hall–Kier alpha value is -3.26. The van der Waals surface area contributed by atoms with Crippen molar-refractivity contribution in [3.8, 4) is 0 Å². The monoisotopic (exact) mass is 463 g/mol. The number of anilines is 1. The summed E-state index contributed by atoms with van der Waals surface area (Å²) in [5, 5.41) is 3.02. The molecule has 2 aromatic heterocycles. The molecule has 1 amide bonds. The molecule has 8 nitrogen and oxygen atoms in total. The van der Waals surface area contributed by atoms with Gasteiger partial charge in [-0.2, -0.15) is 0 Å². The Morgan fingerprint density at radius 3 is 2.85 bits per heavy atom. The maximum absolute atomic E-state index is 13.6. The summed E-state index contributed by atoms with van der Waals surface area (Å²) >= 11 is 0. The van der Waals surface area contributed by atoms with Gasteiger partial charge in [-0.1, -0.05) is 29.8 Å². The summed E-state index contributed by atoms with van der Waals surface area (Å²) in [7, 11) is 0. The number of hydrogen-bond acceptors (Lipinski definition) is 6. The molecule has 0 spiro atoms. The Labute approximate surface area is 200 Å². The average Bonchev–Trinajstić information content (AvgIpc) is 2.86. The zero-order valence-electron chi connectivity index (χ0n) is 20.0. The van der Waals surface area contributed by atoms with Crippen molar-refractivity contribution in [1.29, 1.82) is 0 Å². The number of carbonyl (C=O) groups is 1. The van der Waals surface area contributed by atoms with Crippen LogP contribution in [0.25, 0.3) is 11.2 Å². The minimum atomic E-state index is -0.176. The van der Waals surface area contributed by atoms with Gasteiger partial charge >= 0.3 is 0 Å². The lowest BCUT2D eigenvalue weighted by molar-refractivity contribution is -0.125. The highest BCUT2D eigenvalue weighted by Gasteiger charge is 2.28. The Morgan fingerprint density at radius 1 is 1.24 bits per heavy atom. The van der Waals surface area contributed by atoms with Crippen molar-refractivity contribution >= 4 is 22.9 Å². The average molecular weight is 464 g/mol. The molecule has 0 aliphatic carbocycles. The Bertz CT molecular complexity index is 1180. The number of aryl methyl sites for hydroxylation is 1. The van der Waals surface area contributed by atoms with Crippen LogP contribution in [0.1, 0.15) is 37.3 Å². The number of fused-ring (bicyclic) bond motifs is 1. The van der Waals surface area contributed by atoms with E-state index in [9.17, 15) is 9.59 Å². The zero-order valence-corrected chi connectivity index (χ0v) is 20.0. The van der Waals surface area contributed by atoms with E-state index >= 15 is 0 Å². The van der Waals surface area contributed by atoms with Gasteiger partial charge in [-0.15, -0.1) is 0 Å². The minimum Gasteiger partial charge on any atom is -0.382 e. The number of aromatic nitrogens is 3. The van der Waals surface area contributed by atoms with Crippen LogP contribution in [0.4, 0.5) is 5.82 Å². The number of nitrogens with one attached hydrogen (secondary N) is 1. The molecule has 0 radical (unpaired) electrons. The lowest BCUT2D eigenvalue weighted by Gasteiger charge is -2.32. The number of benzene rings is 1. The Balaban J connectivity index is 1.56. The van der Waals surface area contributed by atoms with Gasteiger partial charge in [0.2, 0.25) is 5.91 Å². The maximum atomic E-state index is 13.6. The van der Waals surface area contributed by atoms with Gasteiger partial charge in [0.25, 0.3) is 5.56 Å². The number of nitrogens with zero attached hydrogens (tertiary/aromatic N) is 4. The summed E-state index contributed by atoms with van der Waals surface area (Å²) in [6, 6.07) is 11.9. The maximum Gasteiger partial charge on any atom is 0.295 e. The quantitative estimate of drug-likeness (QED) is 0.491. The van der Waals surface area contributed by atoms with Crippen LogP contribution in [-0.2, 0) is 16.1 Å². The molecule has 1 aromatic carbocycles. The van der Waals surface area contributed by atoms with E-state index in [0.29, 0.717) is 56.4 Å². The van der Waals surface area contributed by atoms with Gasteiger partial charge < -0.3 is 15.0 Å². The van der Waals surface area contributed by atoms with Crippen LogP contribution in [0.5, 0.6) is 0 Å². The molecule has 0 bridgehead atoms. The molecule has 180 valence electrons. The molecule has 1 fully saturated rings. The molecule has 1 aliphatic heterocycles. The van der Waals surface area contributed by atoms with E-state index in [1.807, 2.05) is 55.1 Å².